The Morgan fingerprint density at radius 3 is 2.77 bits per heavy atom. The van der Waals surface area contributed by atoms with Crippen LogP contribution in [0.1, 0.15) is 10.4 Å². The van der Waals surface area contributed by atoms with Crippen LogP contribution in [-0.4, -0.2) is 10.9 Å². The van der Waals surface area contributed by atoms with Gasteiger partial charge in [-0.2, -0.15) is 0 Å². The van der Waals surface area contributed by atoms with Gasteiger partial charge < -0.3 is 4.42 Å². The summed E-state index contributed by atoms with van der Waals surface area (Å²) >= 11 is 1.30. The number of nitrogens with zero attached hydrogens (tertiary/aromatic N) is 2. The Kier molecular flexibility index (Phi) is 4.28. The van der Waals surface area contributed by atoms with Gasteiger partial charge >= 0.3 is 0 Å². The Hall–Kier alpha value is -3.32. The summed E-state index contributed by atoms with van der Waals surface area (Å²) in [5.41, 5.74) is 0.869. The van der Waals surface area contributed by atoms with E-state index in [0.29, 0.717) is 10.7 Å². The fourth-order valence-corrected chi connectivity index (χ4v) is 2.94. The number of hydrogen-bond donors (Lipinski definition) is 1. The molecule has 2 heterocycles. The molecule has 0 saturated heterocycles. The molecule has 26 heavy (non-hydrogen) atoms. The van der Waals surface area contributed by atoms with Crippen LogP contribution in [0.5, 0.6) is 0 Å². The van der Waals surface area contributed by atoms with Crippen LogP contribution in [-0.2, 0) is 0 Å². The number of nitrogens with one attached hydrogen (secondary N) is 1. The molecule has 0 saturated carbocycles. The molecule has 0 spiro atoms. The summed E-state index contributed by atoms with van der Waals surface area (Å²) in [4.78, 5) is 21.0. The van der Waals surface area contributed by atoms with Gasteiger partial charge in [-0.15, -0.1) is 11.3 Å². The van der Waals surface area contributed by atoms with Crippen molar-refractivity contribution in [2.75, 3.05) is 5.32 Å². The quantitative estimate of drug-likeness (QED) is 0.581. The molecule has 0 fully saturated rings. The maximum atomic E-state index is 14.0. The zero-order valence-corrected chi connectivity index (χ0v) is 14.2. The second kappa shape index (κ2) is 6.89. The first kappa shape index (κ1) is 16.2. The standard InChI is InChI=1S/C19H12FN3O2S/c20-14-6-2-3-7-15(14)22-18-13(17(24)23-19-21-9-10-26-19)11-12-5-1-4-8-16(12)25-18/h1-11H,(H,21,23,24). The van der Waals surface area contributed by atoms with Crippen molar-refractivity contribution in [2.24, 2.45) is 4.99 Å². The second-order valence-corrected chi connectivity index (χ2v) is 6.25. The average Bonchev–Trinajstić information content (AvgIpc) is 3.16. The molecule has 4 rings (SSSR count). The summed E-state index contributed by atoms with van der Waals surface area (Å²) in [5, 5.41) is 5.65. The molecule has 0 atom stereocenters. The Bertz CT molecular complexity index is 1150. The summed E-state index contributed by atoms with van der Waals surface area (Å²) < 4.78 is 19.8. The molecule has 4 aromatic rings. The van der Waals surface area contributed by atoms with Gasteiger partial charge in [0.2, 0.25) is 5.55 Å². The maximum absolute atomic E-state index is 14.0. The number of para-hydroxylation sites is 2. The van der Waals surface area contributed by atoms with Crippen LogP contribution in [0.15, 0.2) is 75.6 Å². The number of carbonyl (C=O) groups is 1. The van der Waals surface area contributed by atoms with E-state index in [1.54, 1.807) is 35.8 Å². The van der Waals surface area contributed by atoms with Crippen molar-refractivity contribution in [3.05, 3.63) is 83.1 Å². The summed E-state index contributed by atoms with van der Waals surface area (Å²) in [6.07, 6.45) is 1.59. The highest BCUT2D eigenvalue weighted by Crippen LogP contribution is 2.18. The van der Waals surface area contributed by atoms with Crippen molar-refractivity contribution in [1.82, 2.24) is 4.98 Å². The third-order valence-electron chi connectivity index (χ3n) is 3.63. The molecule has 1 N–H and O–H groups in total. The highest BCUT2D eigenvalue weighted by atomic mass is 32.1. The van der Waals surface area contributed by atoms with Crippen LogP contribution >= 0.6 is 11.3 Å². The van der Waals surface area contributed by atoms with Crippen molar-refractivity contribution >= 4 is 39.0 Å². The van der Waals surface area contributed by atoms with Gasteiger partial charge in [0, 0.05) is 17.0 Å². The molecular formula is C19H12FN3O2S. The van der Waals surface area contributed by atoms with Gasteiger partial charge in [-0.3, -0.25) is 10.1 Å². The van der Waals surface area contributed by atoms with E-state index in [0.717, 1.165) is 5.39 Å². The fourth-order valence-electron chi connectivity index (χ4n) is 2.42. The van der Waals surface area contributed by atoms with Gasteiger partial charge in [0.1, 0.15) is 22.7 Å². The van der Waals surface area contributed by atoms with E-state index in [4.69, 9.17) is 4.42 Å². The third-order valence-corrected chi connectivity index (χ3v) is 4.32. The van der Waals surface area contributed by atoms with Gasteiger partial charge in [0.15, 0.2) is 5.13 Å². The molecule has 0 bridgehead atoms. The molecule has 0 aliphatic rings. The van der Waals surface area contributed by atoms with Gasteiger partial charge in [-0.1, -0.05) is 30.3 Å². The number of rotatable bonds is 3. The summed E-state index contributed by atoms with van der Waals surface area (Å²) in [7, 11) is 0. The number of fused-ring (bicyclic) bond motifs is 1. The molecule has 7 heteroatoms. The van der Waals surface area contributed by atoms with E-state index in [9.17, 15) is 9.18 Å². The highest BCUT2D eigenvalue weighted by molar-refractivity contribution is 7.13. The number of amides is 1. The topological polar surface area (TPSA) is 67.5 Å². The number of hydrogen-bond acceptors (Lipinski definition) is 5. The van der Waals surface area contributed by atoms with Gasteiger partial charge in [-0.25, -0.2) is 14.4 Å². The van der Waals surface area contributed by atoms with Crippen LogP contribution in [0.4, 0.5) is 15.2 Å². The Labute approximate surface area is 151 Å². The lowest BCUT2D eigenvalue weighted by Gasteiger charge is -2.05. The fraction of sp³-hybridized carbons (Fsp3) is 0. The van der Waals surface area contributed by atoms with Crippen LogP contribution in [0.3, 0.4) is 0 Å². The van der Waals surface area contributed by atoms with Crippen LogP contribution in [0, 0.1) is 5.82 Å². The minimum atomic E-state index is -0.498. The predicted octanol–water partition coefficient (Wildman–Crippen LogP) is 4.51. The molecule has 0 aliphatic carbocycles. The number of aromatic nitrogens is 1. The van der Waals surface area contributed by atoms with Crippen molar-refractivity contribution in [3.63, 3.8) is 0 Å². The van der Waals surface area contributed by atoms with Gasteiger partial charge in [0.05, 0.1) is 0 Å². The molecular weight excluding hydrogens is 353 g/mol. The SMILES string of the molecule is O=C(Nc1nccs1)c1cc2ccccc2oc1=Nc1ccccc1F. The third kappa shape index (κ3) is 3.25. The van der Waals surface area contributed by atoms with E-state index in [-0.39, 0.29) is 16.8 Å². The van der Waals surface area contributed by atoms with Gasteiger partial charge in [-0.05, 0) is 24.3 Å². The molecule has 0 unspecified atom stereocenters. The van der Waals surface area contributed by atoms with E-state index in [1.165, 1.54) is 23.5 Å². The van der Waals surface area contributed by atoms with Crippen LogP contribution in [0.25, 0.3) is 11.0 Å². The first-order chi connectivity index (χ1) is 12.7. The molecule has 0 aliphatic heterocycles. The van der Waals surface area contributed by atoms with E-state index in [1.807, 2.05) is 18.2 Å². The van der Waals surface area contributed by atoms with Crippen molar-refractivity contribution < 1.29 is 13.6 Å². The summed E-state index contributed by atoms with van der Waals surface area (Å²) in [5.74, 6) is -0.924. The van der Waals surface area contributed by atoms with Crippen LogP contribution < -0.4 is 10.9 Å². The Morgan fingerprint density at radius 1 is 1.15 bits per heavy atom. The normalized spacial score (nSPS) is 11.7. The molecule has 2 aromatic carbocycles. The number of thiazole rings is 1. The predicted molar refractivity (Wildman–Crippen MR) is 97.9 cm³/mol. The maximum Gasteiger partial charge on any atom is 0.262 e. The van der Waals surface area contributed by atoms with Crippen molar-refractivity contribution in [1.29, 1.82) is 0 Å². The smallest absolute Gasteiger partial charge is 0.262 e. The Morgan fingerprint density at radius 2 is 1.96 bits per heavy atom. The summed E-state index contributed by atoms with van der Waals surface area (Å²) in [6, 6.07) is 15.0. The molecule has 5 nitrogen and oxygen atoms in total. The van der Waals surface area contributed by atoms with E-state index >= 15 is 0 Å². The largest absolute Gasteiger partial charge is 0.438 e. The zero-order valence-electron chi connectivity index (χ0n) is 13.3. The minimum Gasteiger partial charge on any atom is -0.438 e. The molecule has 0 radical (unpaired) electrons. The number of halogens is 1. The first-order valence-electron chi connectivity index (χ1n) is 7.74. The van der Waals surface area contributed by atoms with E-state index < -0.39 is 11.7 Å². The Balaban J connectivity index is 1.89. The molecule has 1 amide bonds. The van der Waals surface area contributed by atoms with Crippen molar-refractivity contribution in [3.8, 4) is 0 Å². The number of carbonyl (C=O) groups excluding carboxylic acids is 1. The average molecular weight is 365 g/mol. The zero-order chi connectivity index (χ0) is 17.9. The van der Waals surface area contributed by atoms with E-state index in [2.05, 4.69) is 15.3 Å². The number of anilines is 1. The second-order valence-electron chi connectivity index (χ2n) is 5.36. The summed E-state index contributed by atoms with van der Waals surface area (Å²) in [6.45, 7) is 0. The van der Waals surface area contributed by atoms with Crippen LogP contribution in [0.2, 0.25) is 0 Å². The lowest BCUT2D eigenvalue weighted by Crippen LogP contribution is -2.21. The first-order valence-corrected chi connectivity index (χ1v) is 8.62. The highest BCUT2D eigenvalue weighted by Gasteiger charge is 2.14. The number of benzene rings is 2. The lowest BCUT2D eigenvalue weighted by atomic mass is 10.2. The van der Waals surface area contributed by atoms with Gasteiger partial charge in [0.25, 0.3) is 5.91 Å². The minimum absolute atomic E-state index is 0.0304. The molecule has 2 aromatic heterocycles. The monoisotopic (exact) mass is 365 g/mol. The molecule has 128 valence electrons. The lowest BCUT2D eigenvalue weighted by molar-refractivity contribution is 0.102. The van der Waals surface area contributed by atoms with Crippen molar-refractivity contribution in [2.45, 2.75) is 0 Å².